The molecule has 0 aliphatic carbocycles. The minimum Gasteiger partial charge on any atom is -0.453 e. The third-order valence-corrected chi connectivity index (χ3v) is 7.90. The number of H-pyrrole nitrogens is 1. The number of benzene rings is 3. The number of hydrogen-bond acceptors (Lipinski definition) is 7. The van der Waals surface area contributed by atoms with Gasteiger partial charge in [-0.15, -0.1) is 5.10 Å². The first kappa shape index (κ1) is 29.8. The van der Waals surface area contributed by atoms with Gasteiger partial charge in [-0.25, -0.2) is 9.78 Å². The molecule has 45 heavy (non-hydrogen) atoms. The number of anilines is 1. The van der Waals surface area contributed by atoms with Gasteiger partial charge in [-0.05, 0) is 95.6 Å². The first-order valence-corrected chi connectivity index (χ1v) is 15.0. The molecule has 0 unspecified atom stereocenters. The predicted molar refractivity (Wildman–Crippen MR) is 171 cm³/mol. The molecule has 3 N–H and O–H groups in total. The standard InChI is InChI=1S/C33H31ClN8O3/c1-45-33(44)37-26-11-12-27-23(18-26)8-3-2-5-21-6-4-7-22(15-21)16-28(32-35-19-29(27)39-32)38-31(43)14-9-24-17-25(34)10-13-30(24)42-20-36-40-41-42/h4,6-7,9-15,17-20,28H,2-3,5,8,16H2,1H3,(H,35,39)(H,37,44)(H,38,43)/t28-/m0/s1. The van der Waals surface area contributed by atoms with Gasteiger partial charge in [0.2, 0.25) is 5.91 Å². The lowest BCUT2D eigenvalue weighted by Crippen LogP contribution is -2.29. The Morgan fingerprint density at radius 3 is 2.78 bits per heavy atom. The Kier molecular flexibility index (Phi) is 8.97. The molecular formula is C33H31ClN8O3. The number of ether oxygens (including phenoxy) is 1. The first-order valence-electron chi connectivity index (χ1n) is 14.6. The van der Waals surface area contributed by atoms with E-state index in [1.807, 2.05) is 18.2 Å². The lowest BCUT2D eigenvalue weighted by atomic mass is 9.96. The molecule has 6 rings (SSSR count). The van der Waals surface area contributed by atoms with Crippen molar-refractivity contribution in [2.24, 2.45) is 0 Å². The van der Waals surface area contributed by atoms with E-state index in [4.69, 9.17) is 21.3 Å². The number of aromatic amines is 1. The average Bonchev–Trinajstić information content (AvgIpc) is 3.75. The van der Waals surface area contributed by atoms with Gasteiger partial charge in [-0.3, -0.25) is 10.1 Å². The van der Waals surface area contributed by atoms with Crippen LogP contribution in [0.15, 0.2) is 79.3 Å². The van der Waals surface area contributed by atoms with Gasteiger partial charge < -0.3 is 15.0 Å². The highest BCUT2D eigenvalue weighted by atomic mass is 35.5. The van der Waals surface area contributed by atoms with Crippen molar-refractivity contribution in [3.63, 3.8) is 0 Å². The van der Waals surface area contributed by atoms with Crippen molar-refractivity contribution < 1.29 is 14.3 Å². The first-order chi connectivity index (χ1) is 21.9. The van der Waals surface area contributed by atoms with E-state index in [1.165, 1.54) is 29.8 Å². The largest absolute Gasteiger partial charge is 0.453 e. The number of carbonyl (C=O) groups is 2. The van der Waals surface area contributed by atoms with Crippen molar-refractivity contribution in [1.29, 1.82) is 0 Å². The molecule has 1 aliphatic heterocycles. The molecule has 1 aliphatic rings. The highest BCUT2D eigenvalue weighted by Gasteiger charge is 2.20. The fourth-order valence-electron chi connectivity index (χ4n) is 5.49. The molecule has 4 bridgehead atoms. The second-order valence-electron chi connectivity index (χ2n) is 10.8. The number of hydrogen-bond donors (Lipinski definition) is 3. The van der Waals surface area contributed by atoms with Crippen LogP contribution in [0.3, 0.4) is 0 Å². The Morgan fingerprint density at radius 2 is 1.93 bits per heavy atom. The van der Waals surface area contributed by atoms with E-state index in [9.17, 15) is 9.59 Å². The zero-order chi connectivity index (χ0) is 31.2. The topological polar surface area (TPSA) is 140 Å². The van der Waals surface area contributed by atoms with Gasteiger partial charge in [0.15, 0.2) is 0 Å². The highest BCUT2D eigenvalue weighted by molar-refractivity contribution is 6.30. The van der Waals surface area contributed by atoms with Crippen LogP contribution >= 0.6 is 11.6 Å². The fourth-order valence-corrected chi connectivity index (χ4v) is 5.67. The van der Waals surface area contributed by atoms with Gasteiger partial charge in [-0.2, -0.15) is 4.68 Å². The molecule has 11 nitrogen and oxygen atoms in total. The van der Waals surface area contributed by atoms with E-state index in [0.29, 0.717) is 34.2 Å². The lowest BCUT2D eigenvalue weighted by Gasteiger charge is -2.17. The molecule has 1 atom stereocenters. The Labute approximate surface area is 264 Å². The van der Waals surface area contributed by atoms with Crippen molar-refractivity contribution in [1.82, 2.24) is 35.5 Å². The van der Waals surface area contributed by atoms with Crippen molar-refractivity contribution in [2.75, 3.05) is 12.4 Å². The fraction of sp³-hybridized carbons (Fsp3) is 0.212. The second-order valence-corrected chi connectivity index (χ2v) is 11.2. The number of amides is 2. The highest BCUT2D eigenvalue weighted by Crippen LogP contribution is 2.29. The smallest absolute Gasteiger partial charge is 0.411 e. The van der Waals surface area contributed by atoms with Gasteiger partial charge in [0.25, 0.3) is 0 Å². The molecule has 228 valence electrons. The number of carbonyl (C=O) groups excluding carboxylic acids is 2. The van der Waals surface area contributed by atoms with Gasteiger partial charge >= 0.3 is 6.09 Å². The molecule has 0 fully saturated rings. The summed E-state index contributed by atoms with van der Waals surface area (Å²) in [7, 11) is 1.34. The molecule has 5 aromatic rings. The summed E-state index contributed by atoms with van der Waals surface area (Å²) in [6.45, 7) is 0. The van der Waals surface area contributed by atoms with E-state index in [1.54, 1.807) is 30.5 Å². The summed E-state index contributed by atoms with van der Waals surface area (Å²) in [5.41, 5.74) is 7.26. The Morgan fingerprint density at radius 1 is 1.07 bits per heavy atom. The van der Waals surface area contributed by atoms with Crippen molar-refractivity contribution in [2.45, 2.75) is 38.1 Å². The molecule has 0 saturated heterocycles. The zero-order valence-electron chi connectivity index (χ0n) is 24.5. The molecule has 0 radical (unpaired) electrons. The van der Waals surface area contributed by atoms with Crippen LogP contribution in [0.25, 0.3) is 23.0 Å². The Balaban J connectivity index is 1.31. The van der Waals surface area contributed by atoms with E-state index >= 15 is 0 Å². The molecule has 3 heterocycles. The van der Waals surface area contributed by atoms with Crippen LogP contribution < -0.4 is 10.6 Å². The molecular weight excluding hydrogens is 592 g/mol. The van der Waals surface area contributed by atoms with E-state index in [-0.39, 0.29) is 5.91 Å². The Hall–Kier alpha value is -5.29. The van der Waals surface area contributed by atoms with Crippen LogP contribution in [0.5, 0.6) is 0 Å². The van der Waals surface area contributed by atoms with Crippen LogP contribution in [0.4, 0.5) is 10.5 Å². The maximum atomic E-state index is 13.4. The Bertz CT molecular complexity index is 1850. The second kappa shape index (κ2) is 13.6. The minimum absolute atomic E-state index is 0.295. The van der Waals surface area contributed by atoms with Crippen LogP contribution in [-0.4, -0.2) is 49.3 Å². The number of fused-ring (bicyclic) bond motifs is 6. The van der Waals surface area contributed by atoms with Gasteiger partial charge in [-0.1, -0.05) is 41.9 Å². The maximum Gasteiger partial charge on any atom is 0.411 e. The number of halogens is 1. The molecule has 3 aromatic carbocycles. The van der Waals surface area contributed by atoms with Crippen molar-refractivity contribution in [3.8, 4) is 16.9 Å². The number of tetrazole rings is 1. The number of rotatable bonds is 5. The summed E-state index contributed by atoms with van der Waals surface area (Å²) in [4.78, 5) is 33.4. The zero-order valence-corrected chi connectivity index (χ0v) is 25.3. The summed E-state index contributed by atoms with van der Waals surface area (Å²) in [5, 5.41) is 17.8. The minimum atomic E-state index is -0.519. The number of nitrogens with one attached hydrogen (secondary N) is 3. The molecule has 0 spiro atoms. The normalized spacial score (nSPS) is 14.8. The van der Waals surface area contributed by atoms with Gasteiger partial charge in [0.05, 0.1) is 30.7 Å². The molecule has 2 aromatic heterocycles. The number of methoxy groups -OCH3 is 1. The van der Waals surface area contributed by atoms with E-state index < -0.39 is 12.1 Å². The van der Waals surface area contributed by atoms with Gasteiger partial charge in [0, 0.05) is 27.9 Å². The predicted octanol–water partition coefficient (Wildman–Crippen LogP) is 5.88. The van der Waals surface area contributed by atoms with Crippen molar-refractivity contribution in [3.05, 3.63) is 112 Å². The third-order valence-electron chi connectivity index (χ3n) is 7.66. The molecule has 0 saturated carbocycles. The molecule has 2 amide bonds. The van der Waals surface area contributed by atoms with Crippen LogP contribution in [0.2, 0.25) is 5.02 Å². The molecule has 12 heteroatoms. The summed E-state index contributed by atoms with van der Waals surface area (Å²) in [6, 6.07) is 19.1. The van der Waals surface area contributed by atoms with E-state index in [0.717, 1.165) is 48.1 Å². The monoisotopic (exact) mass is 622 g/mol. The summed E-state index contributed by atoms with van der Waals surface area (Å²) in [5.74, 6) is 0.339. The SMILES string of the molecule is COC(=O)Nc1ccc2c(c1)CCCCc1cccc(c1)C[C@H](NC(=O)C=Cc1cc(Cl)ccc1-n1cnnn1)c1ncc-2[nH]1. The number of aryl methyl sites for hydroxylation is 2. The van der Waals surface area contributed by atoms with Crippen LogP contribution in [0.1, 0.15) is 47.0 Å². The van der Waals surface area contributed by atoms with Gasteiger partial charge in [0.1, 0.15) is 12.2 Å². The number of imidazole rings is 1. The number of aromatic nitrogens is 6. The van der Waals surface area contributed by atoms with E-state index in [2.05, 4.69) is 55.4 Å². The van der Waals surface area contributed by atoms with Crippen LogP contribution in [0, 0.1) is 0 Å². The van der Waals surface area contributed by atoms with Crippen LogP contribution in [-0.2, 0) is 28.8 Å². The summed E-state index contributed by atoms with van der Waals surface area (Å²) >= 11 is 6.26. The third kappa shape index (κ3) is 7.27. The number of nitrogens with zero attached hydrogens (tertiary/aromatic N) is 5. The summed E-state index contributed by atoms with van der Waals surface area (Å²) < 4.78 is 6.28. The maximum absolute atomic E-state index is 13.4. The quantitative estimate of drug-likeness (QED) is 0.208. The average molecular weight is 623 g/mol. The summed E-state index contributed by atoms with van der Waals surface area (Å²) in [6.07, 6.45) is 10.2. The lowest BCUT2D eigenvalue weighted by molar-refractivity contribution is -0.117. The van der Waals surface area contributed by atoms with Crippen molar-refractivity contribution >= 4 is 35.4 Å².